The minimum absolute atomic E-state index is 0.212. The number of aromatic nitrogens is 3. The number of rotatable bonds is 2. The fourth-order valence-electron chi connectivity index (χ4n) is 3.43. The van der Waals surface area contributed by atoms with Crippen molar-refractivity contribution in [3.8, 4) is 0 Å². The lowest BCUT2D eigenvalue weighted by Gasteiger charge is -2.28. The number of imide groups is 1. The number of nitrogens with zero attached hydrogens (tertiary/aromatic N) is 4. The highest BCUT2D eigenvalue weighted by Gasteiger charge is 2.32. The number of hydrogen-bond donors (Lipinski definition) is 2. The van der Waals surface area contributed by atoms with Crippen LogP contribution in [-0.2, 0) is 16.6 Å². The van der Waals surface area contributed by atoms with Crippen LogP contribution in [0.4, 0.5) is 5.82 Å². The number of nitrogens with one attached hydrogen (secondary N) is 2. The number of carbonyl (C=O) groups excluding carboxylic acids is 2. The van der Waals surface area contributed by atoms with Gasteiger partial charge in [0.25, 0.3) is 0 Å². The van der Waals surface area contributed by atoms with Gasteiger partial charge in [-0.05, 0) is 18.6 Å². The molecule has 8 nitrogen and oxygen atoms in total. The van der Waals surface area contributed by atoms with E-state index in [9.17, 15) is 9.59 Å². The minimum atomic E-state index is -0.391. The summed E-state index contributed by atoms with van der Waals surface area (Å²) in [4.78, 5) is 30.5. The molecule has 126 valence electrons. The molecule has 0 aliphatic carbocycles. The van der Waals surface area contributed by atoms with Crippen LogP contribution in [0.3, 0.4) is 0 Å². The predicted molar refractivity (Wildman–Crippen MR) is 88.7 cm³/mol. The Hall–Kier alpha value is -2.48. The third kappa shape index (κ3) is 2.52. The van der Waals surface area contributed by atoms with E-state index in [1.807, 2.05) is 19.2 Å². The number of pyridine rings is 1. The zero-order valence-corrected chi connectivity index (χ0v) is 13.6. The van der Waals surface area contributed by atoms with Gasteiger partial charge in [0.2, 0.25) is 11.8 Å². The van der Waals surface area contributed by atoms with Gasteiger partial charge in [-0.1, -0.05) is 0 Å². The third-order valence-corrected chi connectivity index (χ3v) is 4.71. The number of amides is 2. The minimum Gasteiger partial charge on any atom is -0.354 e. The molecule has 2 fully saturated rings. The molecular weight excluding hydrogens is 308 g/mol. The molecule has 0 aromatic carbocycles. The molecule has 0 radical (unpaired) electrons. The maximum Gasteiger partial charge on any atom is 0.235 e. The second-order valence-corrected chi connectivity index (χ2v) is 6.29. The van der Waals surface area contributed by atoms with Crippen LogP contribution in [0.25, 0.3) is 11.0 Å². The molecule has 4 heterocycles. The van der Waals surface area contributed by atoms with E-state index in [1.54, 1.807) is 4.68 Å². The first-order chi connectivity index (χ1) is 11.6. The van der Waals surface area contributed by atoms with E-state index in [-0.39, 0.29) is 11.8 Å². The average Bonchev–Trinajstić information content (AvgIpc) is 2.92. The van der Waals surface area contributed by atoms with Crippen LogP contribution in [0.15, 0.2) is 12.1 Å². The number of aryl methyl sites for hydroxylation is 1. The standard InChI is InChI=1S/C16H20N6O2/c1-21-15-10(2-4-12(18-15)22-8-6-17-7-9-22)14(20-21)11-3-5-13(23)19-16(11)24/h2,4,11,17H,3,5-9H2,1H3,(H,19,23,24). The van der Waals surface area contributed by atoms with Crippen molar-refractivity contribution in [1.82, 2.24) is 25.4 Å². The molecule has 24 heavy (non-hydrogen) atoms. The van der Waals surface area contributed by atoms with Crippen molar-refractivity contribution >= 4 is 28.7 Å². The maximum absolute atomic E-state index is 12.2. The Bertz CT molecular complexity index is 808. The van der Waals surface area contributed by atoms with Crippen LogP contribution in [0, 0.1) is 0 Å². The van der Waals surface area contributed by atoms with Crippen molar-refractivity contribution in [1.29, 1.82) is 0 Å². The highest BCUT2D eigenvalue weighted by atomic mass is 16.2. The lowest BCUT2D eigenvalue weighted by Crippen LogP contribution is -2.43. The first kappa shape index (κ1) is 15.1. The van der Waals surface area contributed by atoms with Gasteiger partial charge in [0, 0.05) is 45.0 Å². The van der Waals surface area contributed by atoms with Crippen LogP contribution < -0.4 is 15.5 Å². The summed E-state index contributed by atoms with van der Waals surface area (Å²) in [5.74, 6) is 0.0631. The zero-order chi connectivity index (χ0) is 16.7. The quantitative estimate of drug-likeness (QED) is 0.748. The fraction of sp³-hybridized carbons (Fsp3) is 0.500. The van der Waals surface area contributed by atoms with Crippen LogP contribution in [0.2, 0.25) is 0 Å². The molecule has 2 saturated heterocycles. The van der Waals surface area contributed by atoms with Gasteiger partial charge in [0.05, 0.1) is 11.6 Å². The van der Waals surface area contributed by atoms with Gasteiger partial charge in [-0.25, -0.2) is 4.98 Å². The third-order valence-electron chi connectivity index (χ3n) is 4.71. The Kier molecular flexibility index (Phi) is 3.68. The van der Waals surface area contributed by atoms with Crippen molar-refractivity contribution in [3.63, 3.8) is 0 Å². The highest BCUT2D eigenvalue weighted by Crippen LogP contribution is 2.30. The number of anilines is 1. The maximum atomic E-state index is 12.2. The van der Waals surface area contributed by atoms with E-state index in [2.05, 4.69) is 20.6 Å². The Morgan fingerprint density at radius 2 is 2.00 bits per heavy atom. The zero-order valence-electron chi connectivity index (χ0n) is 13.6. The number of piperazine rings is 1. The summed E-state index contributed by atoms with van der Waals surface area (Å²) >= 11 is 0. The fourth-order valence-corrected chi connectivity index (χ4v) is 3.43. The molecule has 2 aromatic heterocycles. The molecule has 8 heteroatoms. The van der Waals surface area contributed by atoms with Crippen molar-refractivity contribution in [3.05, 3.63) is 17.8 Å². The number of fused-ring (bicyclic) bond motifs is 1. The van der Waals surface area contributed by atoms with Gasteiger partial charge < -0.3 is 10.2 Å². The van der Waals surface area contributed by atoms with Crippen LogP contribution >= 0.6 is 0 Å². The molecule has 4 rings (SSSR count). The second kappa shape index (κ2) is 5.86. The lowest BCUT2D eigenvalue weighted by molar-refractivity contribution is -0.134. The molecule has 2 aliphatic rings. The summed E-state index contributed by atoms with van der Waals surface area (Å²) in [5, 5.41) is 11.1. The first-order valence-electron chi connectivity index (χ1n) is 8.26. The SMILES string of the molecule is Cn1nc(C2CCC(=O)NC2=O)c2ccc(N3CCNCC3)nc21. The van der Waals surface area contributed by atoms with E-state index in [0.29, 0.717) is 18.5 Å². The van der Waals surface area contributed by atoms with Crippen molar-refractivity contribution in [2.75, 3.05) is 31.1 Å². The Balaban J connectivity index is 1.71. The lowest BCUT2D eigenvalue weighted by atomic mass is 9.93. The van der Waals surface area contributed by atoms with E-state index >= 15 is 0 Å². The van der Waals surface area contributed by atoms with Crippen molar-refractivity contribution in [2.24, 2.45) is 7.05 Å². The molecule has 0 saturated carbocycles. The summed E-state index contributed by atoms with van der Waals surface area (Å²) in [6.45, 7) is 3.76. The van der Waals surface area contributed by atoms with Gasteiger partial charge in [-0.3, -0.25) is 19.6 Å². The van der Waals surface area contributed by atoms with E-state index < -0.39 is 5.92 Å². The number of piperidine rings is 1. The van der Waals surface area contributed by atoms with Crippen molar-refractivity contribution in [2.45, 2.75) is 18.8 Å². The van der Waals surface area contributed by atoms with Gasteiger partial charge in [-0.15, -0.1) is 0 Å². The Morgan fingerprint density at radius 1 is 1.21 bits per heavy atom. The molecule has 0 bridgehead atoms. The molecule has 0 spiro atoms. The molecule has 1 unspecified atom stereocenters. The topological polar surface area (TPSA) is 92.2 Å². The van der Waals surface area contributed by atoms with Gasteiger partial charge in [0.1, 0.15) is 5.82 Å². The van der Waals surface area contributed by atoms with E-state index in [4.69, 9.17) is 4.98 Å². The Labute approximate surface area is 139 Å². The predicted octanol–water partition coefficient (Wildman–Crippen LogP) is -0.102. The summed E-state index contributed by atoms with van der Waals surface area (Å²) in [6.07, 6.45) is 0.844. The van der Waals surface area contributed by atoms with Gasteiger partial charge in [-0.2, -0.15) is 5.10 Å². The Morgan fingerprint density at radius 3 is 2.75 bits per heavy atom. The molecule has 2 aliphatic heterocycles. The molecular formula is C16H20N6O2. The normalized spacial score (nSPS) is 22.0. The molecule has 2 aromatic rings. The van der Waals surface area contributed by atoms with Crippen LogP contribution in [-0.4, -0.2) is 52.8 Å². The monoisotopic (exact) mass is 328 g/mol. The molecule has 1 atom stereocenters. The summed E-state index contributed by atoms with van der Waals surface area (Å²) in [5.41, 5.74) is 1.47. The van der Waals surface area contributed by atoms with Gasteiger partial charge in [0.15, 0.2) is 5.65 Å². The summed E-state index contributed by atoms with van der Waals surface area (Å²) in [6, 6.07) is 3.98. The first-order valence-corrected chi connectivity index (χ1v) is 8.26. The highest BCUT2D eigenvalue weighted by molar-refractivity contribution is 6.02. The number of hydrogen-bond acceptors (Lipinski definition) is 6. The second-order valence-electron chi connectivity index (χ2n) is 6.29. The number of carbonyl (C=O) groups is 2. The largest absolute Gasteiger partial charge is 0.354 e. The van der Waals surface area contributed by atoms with Crippen molar-refractivity contribution < 1.29 is 9.59 Å². The smallest absolute Gasteiger partial charge is 0.235 e. The van der Waals surface area contributed by atoms with Crippen LogP contribution in [0.5, 0.6) is 0 Å². The summed E-state index contributed by atoms with van der Waals surface area (Å²) in [7, 11) is 1.84. The van der Waals surface area contributed by atoms with E-state index in [0.717, 1.165) is 43.0 Å². The van der Waals surface area contributed by atoms with Crippen LogP contribution in [0.1, 0.15) is 24.5 Å². The molecule has 2 amide bonds. The average molecular weight is 328 g/mol. The van der Waals surface area contributed by atoms with Gasteiger partial charge >= 0.3 is 0 Å². The van der Waals surface area contributed by atoms with E-state index in [1.165, 1.54) is 0 Å². The summed E-state index contributed by atoms with van der Waals surface area (Å²) < 4.78 is 1.72. The molecule has 2 N–H and O–H groups in total.